The van der Waals surface area contributed by atoms with Crippen LogP contribution in [0.3, 0.4) is 0 Å². The summed E-state index contributed by atoms with van der Waals surface area (Å²) in [5, 5.41) is 0.794. The number of nitrogens with zero attached hydrogens (tertiary/aromatic N) is 1. The normalized spacial score (nSPS) is 10.2. The number of halogens is 1. The number of aromatic nitrogens is 2. The number of Topliss-reactive ketones (excluding diaryl/α,β-unsaturated/α-hetero) is 1. The van der Waals surface area contributed by atoms with Crippen LogP contribution in [0.2, 0.25) is 5.02 Å². The minimum atomic E-state index is -0.242. The third-order valence-electron chi connectivity index (χ3n) is 4.37. The van der Waals surface area contributed by atoms with E-state index >= 15 is 0 Å². The second kappa shape index (κ2) is 14.6. The van der Waals surface area contributed by atoms with Crippen LogP contribution in [-0.4, -0.2) is 40.8 Å². The average molecular weight is 432 g/mol. The predicted molar refractivity (Wildman–Crippen MR) is 128 cm³/mol. The van der Waals surface area contributed by atoms with E-state index in [1.54, 1.807) is 18.2 Å². The lowest BCUT2D eigenvalue weighted by Crippen LogP contribution is -2.20. The Bertz CT molecular complexity index is 919. The molecule has 5 nitrogen and oxygen atoms in total. The molecular weight excluding hydrogens is 398 g/mol. The summed E-state index contributed by atoms with van der Waals surface area (Å²) in [5.74, 6) is 0.136. The van der Waals surface area contributed by atoms with Crippen molar-refractivity contribution in [3.63, 3.8) is 0 Å². The summed E-state index contributed by atoms with van der Waals surface area (Å²) in [6, 6.07) is 14.7. The van der Waals surface area contributed by atoms with Gasteiger partial charge in [-0.05, 0) is 69.7 Å². The fourth-order valence-corrected chi connectivity index (χ4v) is 3.07. The Morgan fingerprint density at radius 2 is 1.63 bits per heavy atom. The Labute approximate surface area is 184 Å². The summed E-state index contributed by atoms with van der Waals surface area (Å²) in [6.45, 7) is 8.30. The molecule has 30 heavy (non-hydrogen) atoms. The van der Waals surface area contributed by atoms with E-state index in [4.69, 9.17) is 11.6 Å². The molecular formula is C24H34ClN3O2. The number of rotatable bonds is 8. The Morgan fingerprint density at radius 3 is 2.23 bits per heavy atom. The number of carbonyl (C=O) groups excluding carboxylic acids is 1. The summed E-state index contributed by atoms with van der Waals surface area (Å²) in [6.07, 6.45) is 3.64. The fourth-order valence-electron chi connectivity index (χ4n) is 2.93. The van der Waals surface area contributed by atoms with E-state index in [9.17, 15) is 9.59 Å². The van der Waals surface area contributed by atoms with Gasteiger partial charge in [-0.3, -0.25) is 4.79 Å². The van der Waals surface area contributed by atoms with Crippen molar-refractivity contribution in [2.75, 3.05) is 20.1 Å². The molecule has 0 saturated carbocycles. The van der Waals surface area contributed by atoms with Crippen molar-refractivity contribution in [2.24, 2.45) is 0 Å². The molecule has 0 radical (unpaired) electrons. The van der Waals surface area contributed by atoms with Crippen LogP contribution in [0.5, 0.6) is 0 Å². The second-order valence-electron chi connectivity index (χ2n) is 6.82. The Kier molecular flexibility index (Phi) is 12.5. The molecule has 0 unspecified atom stereocenters. The molecule has 0 spiro atoms. The van der Waals surface area contributed by atoms with Crippen LogP contribution >= 0.6 is 11.6 Å². The lowest BCUT2D eigenvalue weighted by molar-refractivity contribution is 0.0978. The number of unbranched alkanes of at least 4 members (excludes halogenated alkanes) is 1. The summed E-state index contributed by atoms with van der Waals surface area (Å²) in [7, 11) is 2.11. The minimum Gasteiger partial charge on any atom is -0.306 e. The van der Waals surface area contributed by atoms with E-state index < -0.39 is 0 Å². The van der Waals surface area contributed by atoms with Gasteiger partial charge in [-0.2, -0.15) is 0 Å². The van der Waals surface area contributed by atoms with Gasteiger partial charge in [0.15, 0.2) is 5.78 Å². The SMILES string of the molecule is CC.CCCN(C)CCCCC(=O)c1ccc2[nH]c(=O)[nH]c2c1.Clc1ccccc1. The third kappa shape index (κ3) is 9.42. The van der Waals surface area contributed by atoms with E-state index in [-0.39, 0.29) is 11.5 Å². The Balaban J connectivity index is 0.000000418. The quantitative estimate of drug-likeness (QED) is 0.343. The highest BCUT2D eigenvalue weighted by atomic mass is 35.5. The number of imidazole rings is 1. The van der Waals surface area contributed by atoms with Gasteiger partial charge in [0.1, 0.15) is 0 Å². The molecule has 6 heteroatoms. The highest BCUT2D eigenvalue weighted by Gasteiger charge is 2.08. The van der Waals surface area contributed by atoms with Gasteiger partial charge >= 0.3 is 5.69 Å². The molecule has 0 aliphatic heterocycles. The lowest BCUT2D eigenvalue weighted by atomic mass is 10.0. The van der Waals surface area contributed by atoms with Crippen LogP contribution in [0, 0.1) is 0 Å². The molecule has 2 N–H and O–H groups in total. The molecule has 1 aromatic heterocycles. The average Bonchev–Trinajstić information content (AvgIpc) is 3.13. The van der Waals surface area contributed by atoms with E-state index in [1.807, 2.05) is 44.2 Å². The smallest absolute Gasteiger partial charge is 0.306 e. The maximum absolute atomic E-state index is 12.1. The summed E-state index contributed by atoms with van der Waals surface area (Å²) in [4.78, 5) is 31.0. The van der Waals surface area contributed by atoms with E-state index in [2.05, 4.69) is 28.8 Å². The molecule has 0 aliphatic rings. The van der Waals surface area contributed by atoms with Crippen molar-refractivity contribution < 1.29 is 4.79 Å². The van der Waals surface area contributed by atoms with Gasteiger partial charge in [-0.1, -0.05) is 50.6 Å². The topological polar surface area (TPSA) is 69.0 Å². The molecule has 0 amide bonds. The molecule has 0 saturated heterocycles. The van der Waals surface area contributed by atoms with Gasteiger partial charge in [0.2, 0.25) is 0 Å². The molecule has 2 aromatic carbocycles. The van der Waals surface area contributed by atoms with Gasteiger partial charge in [-0.25, -0.2) is 4.79 Å². The van der Waals surface area contributed by atoms with Gasteiger partial charge in [0.25, 0.3) is 0 Å². The highest BCUT2D eigenvalue weighted by molar-refractivity contribution is 6.30. The van der Waals surface area contributed by atoms with E-state index in [1.165, 1.54) is 0 Å². The summed E-state index contributed by atoms with van der Waals surface area (Å²) >= 11 is 5.54. The number of fused-ring (bicyclic) bond motifs is 1. The largest absolute Gasteiger partial charge is 0.323 e. The monoisotopic (exact) mass is 431 g/mol. The third-order valence-corrected chi connectivity index (χ3v) is 4.62. The van der Waals surface area contributed by atoms with Gasteiger partial charge in [-0.15, -0.1) is 0 Å². The van der Waals surface area contributed by atoms with Crippen LogP contribution in [-0.2, 0) is 0 Å². The van der Waals surface area contributed by atoms with Gasteiger partial charge in [0, 0.05) is 17.0 Å². The zero-order valence-corrected chi connectivity index (χ0v) is 19.3. The van der Waals surface area contributed by atoms with Crippen LogP contribution in [0.4, 0.5) is 0 Å². The zero-order valence-electron chi connectivity index (χ0n) is 18.5. The first-order valence-electron chi connectivity index (χ1n) is 10.6. The van der Waals surface area contributed by atoms with Crippen molar-refractivity contribution in [3.8, 4) is 0 Å². The van der Waals surface area contributed by atoms with Crippen molar-refractivity contribution in [3.05, 3.63) is 69.6 Å². The van der Waals surface area contributed by atoms with Crippen molar-refractivity contribution >= 4 is 28.4 Å². The maximum atomic E-state index is 12.1. The second-order valence-corrected chi connectivity index (χ2v) is 7.26. The van der Waals surface area contributed by atoms with Crippen LogP contribution in [0.15, 0.2) is 53.3 Å². The van der Waals surface area contributed by atoms with Crippen LogP contribution in [0.1, 0.15) is 56.8 Å². The molecule has 164 valence electrons. The number of hydrogen-bond donors (Lipinski definition) is 2. The van der Waals surface area contributed by atoms with Crippen LogP contribution < -0.4 is 5.69 Å². The van der Waals surface area contributed by atoms with E-state index in [0.717, 1.165) is 42.9 Å². The number of aromatic amines is 2. The van der Waals surface area contributed by atoms with Crippen LogP contribution in [0.25, 0.3) is 11.0 Å². The minimum absolute atomic E-state index is 0.136. The summed E-state index contributed by atoms with van der Waals surface area (Å²) in [5.41, 5.74) is 1.85. The molecule has 0 bridgehead atoms. The first-order valence-corrected chi connectivity index (χ1v) is 11.0. The highest BCUT2D eigenvalue weighted by Crippen LogP contribution is 2.13. The first-order chi connectivity index (χ1) is 14.5. The number of benzene rings is 2. The molecule has 1 heterocycles. The summed E-state index contributed by atoms with van der Waals surface area (Å²) < 4.78 is 0. The van der Waals surface area contributed by atoms with Gasteiger partial charge < -0.3 is 14.9 Å². The molecule has 0 atom stereocenters. The number of H-pyrrole nitrogens is 2. The maximum Gasteiger partial charge on any atom is 0.323 e. The number of nitrogens with one attached hydrogen (secondary N) is 2. The van der Waals surface area contributed by atoms with Crippen molar-refractivity contribution in [2.45, 2.75) is 46.5 Å². The van der Waals surface area contributed by atoms with E-state index in [0.29, 0.717) is 17.5 Å². The van der Waals surface area contributed by atoms with Crippen molar-refractivity contribution in [1.82, 2.24) is 14.9 Å². The zero-order chi connectivity index (χ0) is 22.4. The standard InChI is InChI=1S/C16H23N3O2.C6H5Cl.C2H6/c1-3-9-19(2)10-5-4-6-15(20)12-7-8-13-14(11-12)18-16(21)17-13;7-6-4-2-1-3-5-6;1-2/h7-8,11H,3-6,9-10H2,1-2H3,(H2,17,18,21);1-5H;1-2H3. The predicted octanol–water partition coefficient (Wildman–Crippen LogP) is 5.92. The molecule has 3 aromatic rings. The molecule has 3 rings (SSSR count). The molecule has 0 fully saturated rings. The number of carbonyl (C=O) groups is 1. The number of ketones is 1. The molecule has 0 aliphatic carbocycles. The Hall–Kier alpha value is -2.37. The number of hydrogen-bond acceptors (Lipinski definition) is 3. The fraction of sp³-hybridized carbons (Fsp3) is 0.417. The lowest BCUT2D eigenvalue weighted by Gasteiger charge is -2.14. The van der Waals surface area contributed by atoms with Gasteiger partial charge in [0.05, 0.1) is 11.0 Å². The van der Waals surface area contributed by atoms with Crippen molar-refractivity contribution in [1.29, 1.82) is 0 Å². The Morgan fingerprint density at radius 1 is 0.967 bits per heavy atom. The first kappa shape index (κ1) is 25.7.